The van der Waals surface area contributed by atoms with E-state index in [-0.39, 0.29) is 28.8 Å². The number of nitrogens with one attached hydrogen (secondary N) is 1. The molecule has 1 atom stereocenters. The van der Waals surface area contributed by atoms with Gasteiger partial charge in [0.05, 0.1) is 17.4 Å². The quantitative estimate of drug-likeness (QED) is 0.688. The molecule has 2 aliphatic rings. The van der Waals surface area contributed by atoms with Gasteiger partial charge < -0.3 is 24.6 Å². The smallest absolute Gasteiger partial charge is 0.354 e. The lowest BCUT2D eigenvalue weighted by molar-refractivity contribution is -0.158. The predicted molar refractivity (Wildman–Crippen MR) is 110 cm³/mol. The van der Waals surface area contributed by atoms with Crippen LogP contribution in [0.4, 0.5) is 10.1 Å². The minimum absolute atomic E-state index is 0.0389. The first-order valence-corrected chi connectivity index (χ1v) is 9.80. The minimum Gasteiger partial charge on any atom is -0.478 e. The fourth-order valence-electron chi connectivity index (χ4n) is 4.35. The number of hydrogen-bond acceptors (Lipinski definition) is 5. The van der Waals surface area contributed by atoms with Crippen molar-refractivity contribution in [1.82, 2.24) is 9.88 Å². The predicted octanol–water partition coefficient (Wildman–Crippen LogP) is 1.92. The van der Waals surface area contributed by atoms with Crippen LogP contribution in [0, 0.1) is 5.82 Å². The Labute approximate surface area is 171 Å². The topological polar surface area (TPSA) is 83.8 Å². The zero-order chi connectivity index (χ0) is 20.9. The average Bonchev–Trinajstić information content (AvgIpc) is 2.77. The van der Waals surface area contributed by atoms with Crippen molar-refractivity contribution in [2.24, 2.45) is 0 Å². The standard InChI is InChI=1S/C22H20FN3O4/c23-16-12-15-17(27)6-9-26-13-22(21(28)29,14-4-2-1-3-5-14)30-20(18(15)26)19(16)25-10-7-24-8-11-25/h1-6,9,12,24H,7-8,10-11,13H2,(H,28,29). The summed E-state index contributed by atoms with van der Waals surface area (Å²) in [6.45, 7) is 2.38. The SMILES string of the molecule is O=C(O)C1(c2ccccc2)Cn2ccc(=O)c3cc(F)c(N4CCNCC4)c(c32)O1. The summed E-state index contributed by atoms with van der Waals surface area (Å²) >= 11 is 0. The highest BCUT2D eigenvalue weighted by molar-refractivity contribution is 5.93. The number of carbonyl (C=O) groups is 1. The van der Waals surface area contributed by atoms with Crippen molar-refractivity contribution in [1.29, 1.82) is 0 Å². The number of benzene rings is 2. The van der Waals surface area contributed by atoms with E-state index in [0.29, 0.717) is 37.3 Å². The first kappa shape index (κ1) is 18.6. The molecule has 1 fully saturated rings. The zero-order valence-corrected chi connectivity index (χ0v) is 16.1. The number of halogens is 1. The van der Waals surface area contributed by atoms with Crippen molar-refractivity contribution in [2.75, 3.05) is 31.1 Å². The first-order valence-electron chi connectivity index (χ1n) is 9.80. The summed E-state index contributed by atoms with van der Waals surface area (Å²) in [6, 6.07) is 11.2. The summed E-state index contributed by atoms with van der Waals surface area (Å²) < 4.78 is 23.2. The monoisotopic (exact) mass is 409 g/mol. The molecule has 0 aliphatic carbocycles. The van der Waals surface area contributed by atoms with E-state index in [9.17, 15) is 14.7 Å². The molecular formula is C22H20FN3O4. The van der Waals surface area contributed by atoms with Crippen LogP contribution >= 0.6 is 0 Å². The molecule has 0 bridgehead atoms. The zero-order valence-electron chi connectivity index (χ0n) is 16.1. The number of carboxylic acid groups (broad SMARTS) is 1. The first-order chi connectivity index (χ1) is 14.5. The van der Waals surface area contributed by atoms with Crippen LogP contribution in [0.3, 0.4) is 0 Å². The molecule has 2 aliphatic heterocycles. The molecule has 0 amide bonds. The number of anilines is 1. The number of carboxylic acids is 1. The van der Waals surface area contributed by atoms with E-state index in [1.165, 1.54) is 12.1 Å². The van der Waals surface area contributed by atoms with Gasteiger partial charge in [-0.25, -0.2) is 9.18 Å². The third-order valence-electron chi connectivity index (χ3n) is 5.83. The number of aromatic nitrogens is 1. The molecule has 5 rings (SSSR count). The van der Waals surface area contributed by atoms with Gasteiger partial charge >= 0.3 is 5.97 Å². The summed E-state index contributed by atoms with van der Waals surface area (Å²) in [5.41, 5.74) is -1.01. The third-order valence-corrected chi connectivity index (χ3v) is 5.83. The fraction of sp³-hybridized carbons (Fsp3) is 0.273. The molecule has 3 aromatic rings. The molecule has 0 saturated carbocycles. The Kier molecular flexibility index (Phi) is 4.25. The molecule has 7 nitrogen and oxygen atoms in total. The Balaban J connectivity index is 1.81. The molecule has 154 valence electrons. The number of pyridine rings is 1. The summed E-state index contributed by atoms with van der Waals surface area (Å²) in [7, 11) is 0. The van der Waals surface area contributed by atoms with Crippen LogP contribution in [-0.2, 0) is 16.9 Å². The molecule has 8 heteroatoms. The van der Waals surface area contributed by atoms with Crippen LogP contribution in [0.5, 0.6) is 5.75 Å². The average molecular weight is 409 g/mol. The lowest BCUT2D eigenvalue weighted by atomic mass is 9.91. The Morgan fingerprint density at radius 3 is 2.60 bits per heavy atom. The molecule has 2 N–H and O–H groups in total. The highest BCUT2D eigenvalue weighted by Crippen LogP contribution is 2.46. The van der Waals surface area contributed by atoms with E-state index in [1.54, 1.807) is 41.1 Å². The number of ether oxygens (including phenoxy) is 1. The van der Waals surface area contributed by atoms with Gasteiger partial charge in [-0.15, -0.1) is 0 Å². The largest absolute Gasteiger partial charge is 0.478 e. The Hall–Kier alpha value is -3.39. The van der Waals surface area contributed by atoms with Gasteiger partial charge in [0.1, 0.15) is 5.69 Å². The normalized spacial score (nSPS) is 20.8. The van der Waals surface area contributed by atoms with E-state index >= 15 is 4.39 Å². The van der Waals surface area contributed by atoms with Crippen LogP contribution in [0.15, 0.2) is 53.5 Å². The molecule has 1 aromatic heterocycles. The van der Waals surface area contributed by atoms with E-state index in [0.717, 1.165) is 0 Å². The number of hydrogen-bond donors (Lipinski definition) is 2. The molecule has 1 saturated heterocycles. The number of rotatable bonds is 3. The lowest BCUT2D eigenvalue weighted by Gasteiger charge is -2.39. The van der Waals surface area contributed by atoms with Crippen molar-refractivity contribution in [3.8, 4) is 5.75 Å². The van der Waals surface area contributed by atoms with Gasteiger partial charge in [-0.2, -0.15) is 0 Å². The van der Waals surface area contributed by atoms with Gasteiger partial charge in [0, 0.05) is 44.0 Å². The number of aliphatic carboxylic acids is 1. The van der Waals surface area contributed by atoms with Gasteiger partial charge in [-0.05, 0) is 6.07 Å². The Morgan fingerprint density at radius 1 is 1.17 bits per heavy atom. The second-order valence-corrected chi connectivity index (χ2v) is 7.58. The van der Waals surface area contributed by atoms with Crippen molar-refractivity contribution >= 4 is 22.6 Å². The molecule has 0 radical (unpaired) electrons. The number of piperazine rings is 1. The van der Waals surface area contributed by atoms with E-state index in [4.69, 9.17) is 4.74 Å². The molecule has 3 heterocycles. The second kappa shape index (κ2) is 6.84. The minimum atomic E-state index is -1.74. The van der Waals surface area contributed by atoms with Crippen molar-refractivity contribution in [2.45, 2.75) is 12.1 Å². The maximum Gasteiger partial charge on any atom is 0.354 e. The molecule has 2 aromatic carbocycles. The van der Waals surface area contributed by atoms with Crippen LogP contribution in [-0.4, -0.2) is 41.8 Å². The fourth-order valence-corrected chi connectivity index (χ4v) is 4.35. The molecule has 1 unspecified atom stereocenters. The lowest BCUT2D eigenvalue weighted by Crippen LogP contribution is -2.49. The maximum atomic E-state index is 15.3. The van der Waals surface area contributed by atoms with Gasteiger partial charge in [0.2, 0.25) is 5.60 Å². The van der Waals surface area contributed by atoms with Gasteiger partial charge in [-0.3, -0.25) is 4.79 Å². The summed E-state index contributed by atoms with van der Waals surface area (Å²) in [5.74, 6) is -1.67. The maximum absolute atomic E-state index is 15.3. The van der Waals surface area contributed by atoms with Crippen LogP contribution in [0.1, 0.15) is 5.56 Å². The van der Waals surface area contributed by atoms with E-state index in [2.05, 4.69) is 5.32 Å². The Bertz CT molecular complexity index is 1200. The van der Waals surface area contributed by atoms with Crippen LogP contribution < -0.4 is 20.4 Å². The second-order valence-electron chi connectivity index (χ2n) is 7.58. The van der Waals surface area contributed by atoms with Gasteiger partial charge in [0.15, 0.2) is 17.0 Å². The van der Waals surface area contributed by atoms with Crippen LogP contribution in [0.25, 0.3) is 10.9 Å². The molecule has 0 spiro atoms. The van der Waals surface area contributed by atoms with E-state index < -0.39 is 17.4 Å². The van der Waals surface area contributed by atoms with Gasteiger partial charge in [0.25, 0.3) is 0 Å². The summed E-state index contributed by atoms with van der Waals surface area (Å²) in [6.07, 6.45) is 1.55. The number of nitrogens with zero attached hydrogens (tertiary/aromatic N) is 2. The van der Waals surface area contributed by atoms with Gasteiger partial charge in [-0.1, -0.05) is 30.3 Å². The van der Waals surface area contributed by atoms with Crippen molar-refractivity contribution in [3.63, 3.8) is 0 Å². The van der Waals surface area contributed by atoms with Crippen molar-refractivity contribution < 1.29 is 19.0 Å². The molecule has 30 heavy (non-hydrogen) atoms. The highest BCUT2D eigenvalue weighted by atomic mass is 19.1. The summed E-state index contributed by atoms with van der Waals surface area (Å²) in [5, 5.41) is 13.6. The van der Waals surface area contributed by atoms with E-state index in [1.807, 2.05) is 4.90 Å². The molecular weight excluding hydrogens is 389 g/mol. The Morgan fingerprint density at radius 2 is 1.90 bits per heavy atom. The highest BCUT2D eigenvalue weighted by Gasteiger charge is 2.48. The third kappa shape index (κ3) is 2.68. The summed E-state index contributed by atoms with van der Waals surface area (Å²) in [4.78, 5) is 26.8. The van der Waals surface area contributed by atoms with Crippen molar-refractivity contribution in [3.05, 3.63) is 70.3 Å². The van der Waals surface area contributed by atoms with Crippen LogP contribution in [0.2, 0.25) is 0 Å².